The standard InChI is InChI=1S/C13H19NO/c1-3-5-9-13(15-11-4-2)12-8-6-7-10-14-12/h4,6-8,10-11,13H,3,5,9H2,1-2H3/t13-/m1/s1. The highest BCUT2D eigenvalue weighted by atomic mass is 16.5. The molecule has 0 amide bonds. The summed E-state index contributed by atoms with van der Waals surface area (Å²) >= 11 is 0. The summed E-state index contributed by atoms with van der Waals surface area (Å²) in [6, 6.07) is 5.94. The maximum Gasteiger partial charge on any atom is 0.140 e. The van der Waals surface area contributed by atoms with E-state index < -0.39 is 0 Å². The molecule has 0 N–H and O–H groups in total. The van der Waals surface area contributed by atoms with E-state index in [0.29, 0.717) is 0 Å². The Labute approximate surface area is 92.0 Å². The minimum Gasteiger partial charge on any atom is -0.492 e. The second-order valence-electron chi connectivity index (χ2n) is 3.49. The van der Waals surface area contributed by atoms with Crippen LogP contribution in [0.2, 0.25) is 0 Å². The van der Waals surface area contributed by atoms with Crippen molar-refractivity contribution in [2.24, 2.45) is 0 Å². The zero-order chi connectivity index (χ0) is 10.9. The van der Waals surface area contributed by atoms with Crippen molar-refractivity contribution in [3.05, 3.63) is 42.4 Å². The van der Waals surface area contributed by atoms with E-state index in [2.05, 4.69) is 11.9 Å². The molecule has 0 saturated heterocycles. The molecule has 0 unspecified atom stereocenters. The van der Waals surface area contributed by atoms with Crippen molar-refractivity contribution in [1.29, 1.82) is 0 Å². The molecule has 0 spiro atoms. The maximum atomic E-state index is 5.64. The molecule has 0 aliphatic heterocycles. The van der Waals surface area contributed by atoms with Crippen LogP contribution in [0.15, 0.2) is 36.7 Å². The normalized spacial score (nSPS) is 12.9. The van der Waals surface area contributed by atoms with Crippen molar-refractivity contribution in [2.45, 2.75) is 39.2 Å². The van der Waals surface area contributed by atoms with Crippen LogP contribution in [-0.2, 0) is 4.74 Å². The Kier molecular flexibility index (Phi) is 5.52. The van der Waals surface area contributed by atoms with Gasteiger partial charge in [-0.3, -0.25) is 4.98 Å². The Bertz CT molecular complexity index is 282. The van der Waals surface area contributed by atoms with Crippen LogP contribution in [0.4, 0.5) is 0 Å². The van der Waals surface area contributed by atoms with E-state index in [1.807, 2.05) is 37.4 Å². The van der Waals surface area contributed by atoms with Crippen molar-refractivity contribution in [1.82, 2.24) is 4.98 Å². The summed E-state index contributed by atoms with van der Waals surface area (Å²) in [5.41, 5.74) is 1.02. The molecule has 0 bridgehead atoms. The van der Waals surface area contributed by atoms with Crippen LogP contribution < -0.4 is 0 Å². The number of rotatable bonds is 6. The largest absolute Gasteiger partial charge is 0.492 e. The minimum atomic E-state index is 0.0994. The summed E-state index contributed by atoms with van der Waals surface area (Å²) in [7, 11) is 0. The van der Waals surface area contributed by atoms with Gasteiger partial charge in [-0.05, 0) is 31.9 Å². The molecule has 1 atom stereocenters. The molecule has 0 aromatic carbocycles. The molecular formula is C13H19NO. The number of unbranched alkanes of at least 4 members (excludes halogenated alkanes) is 1. The fourth-order valence-electron chi connectivity index (χ4n) is 1.41. The molecule has 1 aromatic rings. The Balaban J connectivity index is 2.63. The van der Waals surface area contributed by atoms with Crippen LogP contribution in [0, 0.1) is 0 Å². The first-order valence-electron chi connectivity index (χ1n) is 5.56. The van der Waals surface area contributed by atoms with Gasteiger partial charge in [0.2, 0.25) is 0 Å². The molecule has 15 heavy (non-hydrogen) atoms. The lowest BCUT2D eigenvalue weighted by Gasteiger charge is -2.15. The van der Waals surface area contributed by atoms with Gasteiger partial charge in [-0.15, -0.1) is 0 Å². The number of hydrogen-bond acceptors (Lipinski definition) is 2. The van der Waals surface area contributed by atoms with Crippen LogP contribution in [0.1, 0.15) is 44.9 Å². The third kappa shape index (κ3) is 4.15. The lowest BCUT2D eigenvalue weighted by molar-refractivity contribution is 0.130. The molecule has 2 heteroatoms. The first kappa shape index (κ1) is 11.8. The molecule has 82 valence electrons. The third-order valence-corrected chi connectivity index (χ3v) is 2.22. The Morgan fingerprint density at radius 1 is 1.47 bits per heavy atom. The number of ether oxygens (including phenoxy) is 1. The number of pyridine rings is 1. The van der Waals surface area contributed by atoms with E-state index in [-0.39, 0.29) is 6.10 Å². The van der Waals surface area contributed by atoms with Crippen LogP contribution in [0.25, 0.3) is 0 Å². The van der Waals surface area contributed by atoms with Crippen molar-refractivity contribution >= 4 is 0 Å². The Hall–Kier alpha value is -1.31. The van der Waals surface area contributed by atoms with Crippen LogP contribution in [0.5, 0.6) is 0 Å². The third-order valence-electron chi connectivity index (χ3n) is 2.22. The van der Waals surface area contributed by atoms with E-state index in [1.54, 1.807) is 6.26 Å². The van der Waals surface area contributed by atoms with E-state index in [1.165, 1.54) is 12.8 Å². The van der Waals surface area contributed by atoms with Crippen molar-refractivity contribution in [3.63, 3.8) is 0 Å². The number of hydrogen-bond donors (Lipinski definition) is 0. The summed E-state index contributed by atoms with van der Waals surface area (Å²) in [5.74, 6) is 0. The highest BCUT2D eigenvalue weighted by Gasteiger charge is 2.11. The first-order valence-corrected chi connectivity index (χ1v) is 5.56. The lowest BCUT2D eigenvalue weighted by Crippen LogP contribution is -2.02. The van der Waals surface area contributed by atoms with Gasteiger partial charge < -0.3 is 4.74 Å². The zero-order valence-electron chi connectivity index (χ0n) is 9.52. The van der Waals surface area contributed by atoms with Gasteiger partial charge in [0.15, 0.2) is 0 Å². The molecule has 0 aliphatic rings. The van der Waals surface area contributed by atoms with E-state index in [9.17, 15) is 0 Å². The van der Waals surface area contributed by atoms with E-state index in [0.717, 1.165) is 12.1 Å². The first-order chi connectivity index (χ1) is 7.38. The van der Waals surface area contributed by atoms with Crippen LogP contribution in [0.3, 0.4) is 0 Å². The van der Waals surface area contributed by atoms with E-state index >= 15 is 0 Å². The molecular weight excluding hydrogens is 186 g/mol. The topological polar surface area (TPSA) is 22.1 Å². The van der Waals surface area contributed by atoms with Crippen molar-refractivity contribution < 1.29 is 4.74 Å². The molecule has 1 rings (SSSR count). The predicted molar refractivity (Wildman–Crippen MR) is 62.4 cm³/mol. The van der Waals surface area contributed by atoms with Gasteiger partial charge in [-0.25, -0.2) is 0 Å². The smallest absolute Gasteiger partial charge is 0.140 e. The number of aromatic nitrogens is 1. The molecule has 0 aliphatic carbocycles. The lowest BCUT2D eigenvalue weighted by atomic mass is 10.1. The molecule has 1 heterocycles. The van der Waals surface area contributed by atoms with Gasteiger partial charge in [0, 0.05) is 6.20 Å². The Morgan fingerprint density at radius 3 is 2.93 bits per heavy atom. The molecule has 0 radical (unpaired) electrons. The van der Waals surface area contributed by atoms with Crippen LogP contribution in [-0.4, -0.2) is 4.98 Å². The summed E-state index contributed by atoms with van der Waals surface area (Å²) in [5, 5.41) is 0. The molecule has 2 nitrogen and oxygen atoms in total. The van der Waals surface area contributed by atoms with E-state index in [4.69, 9.17) is 4.74 Å². The highest BCUT2D eigenvalue weighted by Crippen LogP contribution is 2.21. The summed E-state index contributed by atoms with van der Waals surface area (Å²) in [4.78, 5) is 4.33. The quantitative estimate of drug-likeness (QED) is 0.658. The van der Waals surface area contributed by atoms with Crippen molar-refractivity contribution in [3.8, 4) is 0 Å². The van der Waals surface area contributed by atoms with Gasteiger partial charge >= 0.3 is 0 Å². The van der Waals surface area contributed by atoms with Gasteiger partial charge in [-0.1, -0.05) is 25.5 Å². The predicted octanol–water partition coefficient (Wildman–Crippen LogP) is 3.86. The maximum absolute atomic E-state index is 5.64. The highest BCUT2D eigenvalue weighted by molar-refractivity contribution is 5.07. The van der Waals surface area contributed by atoms with Gasteiger partial charge in [0.25, 0.3) is 0 Å². The number of nitrogens with zero attached hydrogens (tertiary/aromatic N) is 1. The average Bonchev–Trinajstić information content (AvgIpc) is 2.30. The Morgan fingerprint density at radius 2 is 2.33 bits per heavy atom. The van der Waals surface area contributed by atoms with Gasteiger partial charge in [0.05, 0.1) is 12.0 Å². The SMILES string of the molecule is CC=CO[C@H](CCCC)c1ccccn1. The minimum absolute atomic E-state index is 0.0994. The zero-order valence-corrected chi connectivity index (χ0v) is 9.52. The fourth-order valence-corrected chi connectivity index (χ4v) is 1.41. The molecule has 1 aromatic heterocycles. The van der Waals surface area contributed by atoms with Crippen LogP contribution >= 0.6 is 0 Å². The average molecular weight is 205 g/mol. The van der Waals surface area contributed by atoms with Gasteiger partial charge in [-0.2, -0.15) is 0 Å². The number of allylic oxidation sites excluding steroid dienone is 1. The van der Waals surface area contributed by atoms with Crippen molar-refractivity contribution in [2.75, 3.05) is 0 Å². The molecule has 0 fully saturated rings. The molecule has 0 saturated carbocycles. The van der Waals surface area contributed by atoms with Gasteiger partial charge in [0.1, 0.15) is 6.10 Å². The second kappa shape index (κ2) is 7.04. The summed E-state index contributed by atoms with van der Waals surface area (Å²) in [6.45, 7) is 4.14. The second-order valence-corrected chi connectivity index (χ2v) is 3.49. The summed E-state index contributed by atoms with van der Waals surface area (Å²) in [6.07, 6.45) is 8.94. The summed E-state index contributed by atoms with van der Waals surface area (Å²) < 4.78 is 5.64. The monoisotopic (exact) mass is 205 g/mol. The fraction of sp³-hybridized carbons (Fsp3) is 0.462.